The molecule has 2 heteroatoms. The lowest BCUT2D eigenvalue weighted by Gasteiger charge is -2.51. The zero-order chi connectivity index (χ0) is 9.47. The Balaban J connectivity index is 2.15. The van der Waals surface area contributed by atoms with Gasteiger partial charge in [-0.2, -0.15) is 0 Å². The van der Waals surface area contributed by atoms with Crippen molar-refractivity contribution >= 4 is 0 Å². The fourth-order valence-corrected chi connectivity index (χ4v) is 3.11. The summed E-state index contributed by atoms with van der Waals surface area (Å²) < 4.78 is 0. The van der Waals surface area contributed by atoms with Gasteiger partial charge in [-0.3, -0.25) is 0 Å². The summed E-state index contributed by atoms with van der Waals surface area (Å²) in [6, 6.07) is 2.21. The Hall–Kier alpha value is -0.0800. The topological polar surface area (TPSA) is 24.1 Å². The Morgan fingerprint density at radius 3 is 2.77 bits per heavy atom. The number of piperidine rings is 2. The van der Waals surface area contributed by atoms with Gasteiger partial charge in [0.25, 0.3) is 0 Å². The molecule has 2 bridgehead atoms. The monoisotopic (exact) mass is 182 g/mol. The average molecular weight is 182 g/mol. The van der Waals surface area contributed by atoms with Crippen LogP contribution in [0.3, 0.4) is 0 Å². The number of rotatable bonds is 1. The Bertz CT molecular complexity index is 185. The molecule has 3 atom stereocenters. The molecule has 2 nitrogen and oxygen atoms in total. The predicted molar refractivity (Wildman–Crippen MR) is 55.8 cm³/mol. The third kappa shape index (κ3) is 1.50. The quantitative estimate of drug-likeness (QED) is 0.642. The fraction of sp³-hybridized carbons (Fsp3) is 1.00. The van der Waals surface area contributed by atoms with E-state index in [4.69, 9.17) is 0 Å². The van der Waals surface area contributed by atoms with Gasteiger partial charge in [0.05, 0.1) is 0 Å². The van der Waals surface area contributed by atoms with Crippen LogP contribution in [-0.2, 0) is 0 Å². The summed E-state index contributed by atoms with van der Waals surface area (Å²) in [5.74, 6) is 0. The Kier molecular flexibility index (Phi) is 2.37. The summed E-state index contributed by atoms with van der Waals surface area (Å²) >= 11 is 0. The van der Waals surface area contributed by atoms with E-state index in [1.165, 1.54) is 25.7 Å². The smallest absolute Gasteiger partial charge is 0.0145 e. The lowest BCUT2D eigenvalue weighted by Crippen LogP contribution is -2.63. The van der Waals surface area contributed by atoms with Crippen LogP contribution in [0.4, 0.5) is 0 Å². The van der Waals surface area contributed by atoms with Crippen LogP contribution in [0.2, 0.25) is 0 Å². The molecule has 2 aliphatic heterocycles. The zero-order valence-electron chi connectivity index (χ0n) is 9.06. The fourth-order valence-electron chi connectivity index (χ4n) is 3.11. The molecule has 0 aromatic carbocycles. The molecule has 2 heterocycles. The lowest BCUT2D eigenvalue weighted by molar-refractivity contribution is 0.0659. The first-order valence-corrected chi connectivity index (χ1v) is 5.58. The van der Waals surface area contributed by atoms with Gasteiger partial charge in [0.15, 0.2) is 0 Å². The van der Waals surface area contributed by atoms with Gasteiger partial charge in [-0.05, 0) is 31.7 Å². The standard InChI is InChI=1S/C11H22N2/c1-11(2)9-6-4-5-8(13-9)7-10(11)12-3/h8-10,12-13H,4-7H2,1-3H3. The van der Waals surface area contributed by atoms with E-state index in [-0.39, 0.29) is 0 Å². The summed E-state index contributed by atoms with van der Waals surface area (Å²) in [6.07, 6.45) is 5.47. The molecule has 0 aliphatic carbocycles. The van der Waals surface area contributed by atoms with E-state index < -0.39 is 0 Å². The minimum absolute atomic E-state index is 0.422. The van der Waals surface area contributed by atoms with Gasteiger partial charge in [0, 0.05) is 18.1 Å². The minimum Gasteiger partial charge on any atom is -0.316 e. The van der Waals surface area contributed by atoms with Crippen molar-refractivity contribution in [2.24, 2.45) is 5.41 Å². The van der Waals surface area contributed by atoms with Gasteiger partial charge in [-0.1, -0.05) is 20.3 Å². The van der Waals surface area contributed by atoms with Crippen molar-refractivity contribution in [3.8, 4) is 0 Å². The van der Waals surface area contributed by atoms with E-state index in [0.29, 0.717) is 11.5 Å². The predicted octanol–water partition coefficient (Wildman–Crippen LogP) is 1.51. The van der Waals surface area contributed by atoms with Crippen molar-refractivity contribution in [1.29, 1.82) is 0 Å². The molecule has 0 amide bonds. The first-order chi connectivity index (χ1) is 6.14. The highest BCUT2D eigenvalue weighted by atomic mass is 15.1. The number of hydrogen-bond acceptors (Lipinski definition) is 2. The molecule has 76 valence electrons. The number of nitrogens with one attached hydrogen (secondary N) is 2. The van der Waals surface area contributed by atoms with Crippen LogP contribution in [0, 0.1) is 5.41 Å². The first-order valence-electron chi connectivity index (χ1n) is 5.58. The maximum absolute atomic E-state index is 3.77. The molecule has 2 saturated heterocycles. The maximum Gasteiger partial charge on any atom is 0.0145 e. The molecule has 0 aromatic rings. The first kappa shape index (κ1) is 9.47. The molecular formula is C11H22N2. The van der Waals surface area contributed by atoms with Crippen molar-refractivity contribution in [3.05, 3.63) is 0 Å². The molecule has 2 fully saturated rings. The Morgan fingerprint density at radius 2 is 2.08 bits per heavy atom. The largest absolute Gasteiger partial charge is 0.316 e. The van der Waals surface area contributed by atoms with E-state index in [0.717, 1.165) is 12.1 Å². The molecule has 0 radical (unpaired) electrons. The van der Waals surface area contributed by atoms with Gasteiger partial charge < -0.3 is 10.6 Å². The van der Waals surface area contributed by atoms with Crippen LogP contribution in [-0.4, -0.2) is 25.2 Å². The van der Waals surface area contributed by atoms with Crippen molar-refractivity contribution in [2.75, 3.05) is 7.05 Å². The normalized spacial score (nSPS) is 43.2. The second-order valence-electron chi connectivity index (χ2n) is 5.25. The van der Waals surface area contributed by atoms with Crippen molar-refractivity contribution in [3.63, 3.8) is 0 Å². The lowest BCUT2D eigenvalue weighted by atomic mass is 9.67. The molecule has 0 aromatic heterocycles. The molecule has 0 saturated carbocycles. The van der Waals surface area contributed by atoms with E-state index in [9.17, 15) is 0 Å². The third-order valence-electron chi connectivity index (χ3n) is 4.15. The van der Waals surface area contributed by atoms with E-state index >= 15 is 0 Å². The van der Waals surface area contributed by atoms with Gasteiger partial charge >= 0.3 is 0 Å². The molecule has 3 unspecified atom stereocenters. The van der Waals surface area contributed by atoms with Crippen molar-refractivity contribution < 1.29 is 0 Å². The van der Waals surface area contributed by atoms with Crippen LogP contribution in [0.25, 0.3) is 0 Å². The molecule has 0 spiro atoms. The van der Waals surface area contributed by atoms with Crippen LogP contribution < -0.4 is 10.6 Å². The van der Waals surface area contributed by atoms with Crippen molar-refractivity contribution in [1.82, 2.24) is 10.6 Å². The molecule has 2 aliphatic rings. The third-order valence-corrected chi connectivity index (χ3v) is 4.15. The van der Waals surface area contributed by atoms with E-state index in [2.05, 4.69) is 31.5 Å². The maximum atomic E-state index is 3.77. The summed E-state index contributed by atoms with van der Waals surface area (Å²) in [6.45, 7) is 4.79. The van der Waals surface area contributed by atoms with Crippen LogP contribution in [0.5, 0.6) is 0 Å². The van der Waals surface area contributed by atoms with Gasteiger partial charge in [-0.15, -0.1) is 0 Å². The minimum atomic E-state index is 0.422. The molecular weight excluding hydrogens is 160 g/mol. The van der Waals surface area contributed by atoms with Crippen LogP contribution in [0.1, 0.15) is 39.5 Å². The summed E-state index contributed by atoms with van der Waals surface area (Å²) in [5.41, 5.74) is 0.422. The molecule has 2 N–H and O–H groups in total. The van der Waals surface area contributed by atoms with Crippen molar-refractivity contribution in [2.45, 2.75) is 57.7 Å². The summed E-state index contributed by atoms with van der Waals surface area (Å²) in [5, 5.41) is 7.25. The highest BCUT2D eigenvalue weighted by molar-refractivity contribution is 5.02. The number of hydrogen-bond donors (Lipinski definition) is 2. The SMILES string of the molecule is CNC1CC2CCCC(N2)C1(C)C. The van der Waals surface area contributed by atoms with Gasteiger partial charge in [-0.25, -0.2) is 0 Å². The van der Waals surface area contributed by atoms with Gasteiger partial charge in [0.2, 0.25) is 0 Å². The Labute approximate surface area is 81.5 Å². The second kappa shape index (κ2) is 3.25. The second-order valence-corrected chi connectivity index (χ2v) is 5.25. The van der Waals surface area contributed by atoms with E-state index in [1.54, 1.807) is 0 Å². The highest BCUT2D eigenvalue weighted by Crippen LogP contribution is 2.38. The highest BCUT2D eigenvalue weighted by Gasteiger charge is 2.44. The van der Waals surface area contributed by atoms with Crippen LogP contribution >= 0.6 is 0 Å². The van der Waals surface area contributed by atoms with Gasteiger partial charge in [0.1, 0.15) is 0 Å². The van der Waals surface area contributed by atoms with E-state index in [1.807, 2.05) is 0 Å². The number of fused-ring (bicyclic) bond motifs is 2. The van der Waals surface area contributed by atoms with Crippen LogP contribution in [0.15, 0.2) is 0 Å². The summed E-state index contributed by atoms with van der Waals surface area (Å²) in [4.78, 5) is 0. The Morgan fingerprint density at radius 1 is 1.31 bits per heavy atom. The molecule has 2 rings (SSSR count). The summed E-state index contributed by atoms with van der Waals surface area (Å²) in [7, 11) is 2.10. The molecule has 13 heavy (non-hydrogen) atoms. The zero-order valence-corrected chi connectivity index (χ0v) is 9.06. The average Bonchev–Trinajstić information content (AvgIpc) is 2.13.